The normalized spacial score (nSPS) is 20.6. The van der Waals surface area contributed by atoms with E-state index in [1.807, 2.05) is 20.8 Å². The Hall–Kier alpha value is -1.76. The Morgan fingerprint density at radius 2 is 1.84 bits per heavy atom. The summed E-state index contributed by atoms with van der Waals surface area (Å²) in [6, 6.07) is 5.24. The van der Waals surface area contributed by atoms with Crippen molar-refractivity contribution >= 4 is 27.9 Å². The molecule has 2 rings (SSSR count). The molecule has 6 nitrogen and oxygen atoms in total. The van der Waals surface area contributed by atoms with Gasteiger partial charge in [-0.3, -0.25) is 4.79 Å². The molecular weight excluding hydrogens is 388 g/mol. The van der Waals surface area contributed by atoms with Gasteiger partial charge in [-0.25, -0.2) is 4.79 Å². The summed E-state index contributed by atoms with van der Waals surface area (Å²) in [6.07, 6.45) is 2.76. The number of primary amides is 1. The Morgan fingerprint density at radius 3 is 2.40 bits per heavy atom. The van der Waals surface area contributed by atoms with E-state index in [1.54, 1.807) is 18.2 Å². The van der Waals surface area contributed by atoms with E-state index in [0.717, 1.165) is 30.2 Å². The molecule has 0 bridgehead atoms. The van der Waals surface area contributed by atoms with E-state index in [4.69, 9.17) is 15.2 Å². The van der Waals surface area contributed by atoms with Crippen LogP contribution in [0.4, 0.5) is 4.79 Å². The lowest BCUT2D eigenvalue weighted by atomic mass is 9.93. The maximum absolute atomic E-state index is 11.8. The summed E-state index contributed by atoms with van der Waals surface area (Å²) in [6.45, 7) is 5.52. The van der Waals surface area contributed by atoms with Crippen molar-refractivity contribution in [1.82, 2.24) is 5.32 Å². The molecule has 1 aliphatic carbocycles. The van der Waals surface area contributed by atoms with Gasteiger partial charge in [0.1, 0.15) is 11.4 Å². The lowest BCUT2D eigenvalue weighted by molar-refractivity contribution is 0.0470. The number of nitrogens with one attached hydrogen (secondary N) is 1. The third kappa shape index (κ3) is 6.23. The second-order valence-corrected chi connectivity index (χ2v) is 8.16. The van der Waals surface area contributed by atoms with E-state index in [1.165, 1.54) is 0 Å². The molecule has 0 aliphatic heterocycles. The van der Waals surface area contributed by atoms with Crippen LogP contribution < -0.4 is 15.8 Å². The summed E-state index contributed by atoms with van der Waals surface area (Å²) in [5.74, 6) is -0.0202. The van der Waals surface area contributed by atoms with Crippen molar-refractivity contribution in [3.8, 4) is 5.75 Å². The maximum Gasteiger partial charge on any atom is 0.407 e. The predicted molar refractivity (Wildman–Crippen MR) is 98.7 cm³/mol. The highest BCUT2D eigenvalue weighted by Crippen LogP contribution is 2.29. The first kappa shape index (κ1) is 19.6. The van der Waals surface area contributed by atoms with Crippen molar-refractivity contribution in [2.45, 2.75) is 64.2 Å². The molecule has 138 valence electrons. The number of rotatable bonds is 4. The number of hydrogen-bond acceptors (Lipinski definition) is 4. The van der Waals surface area contributed by atoms with Gasteiger partial charge in [0, 0.05) is 10.5 Å². The minimum Gasteiger partial charge on any atom is -0.490 e. The molecule has 0 aromatic heterocycles. The summed E-state index contributed by atoms with van der Waals surface area (Å²) in [7, 11) is 0. The first-order valence-electron chi connectivity index (χ1n) is 8.39. The van der Waals surface area contributed by atoms with Crippen LogP contribution in [0.25, 0.3) is 0 Å². The molecule has 1 fully saturated rings. The van der Waals surface area contributed by atoms with Crippen LogP contribution in [-0.2, 0) is 4.74 Å². The molecule has 0 unspecified atom stereocenters. The fraction of sp³-hybridized carbons (Fsp3) is 0.556. The highest BCUT2D eigenvalue weighted by Gasteiger charge is 2.26. The number of alkyl carbamates (subject to hydrolysis) is 1. The summed E-state index contributed by atoms with van der Waals surface area (Å²) < 4.78 is 12.1. The molecule has 3 N–H and O–H groups in total. The van der Waals surface area contributed by atoms with Crippen LogP contribution >= 0.6 is 15.9 Å². The summed E-state index contributed by atoms with van der Waals surface area (Å²) in [5, 5.41) is 2.90. The maximum atomic E-state index is 11.8. The monoisotopic (exact) mass is 412 g/mol. The third-order valence-electron chi connectivity index (χ3n) is 3.90. The van der Waals surface area contributed by atoms with Gasteiger partial charge in [0.2, 0.25) is 0 Å². The SMILES string of the molecule is CC(C)(C)OC(=O)N[C@H]1CC[C@@H](Oc2cc(Br)ccc2C(N)=O)CC1. The van der Waals surface area contributed by atoms with Crippen LogP contribution in [-0.4, -0.2) is 29.7 Å². The Morgan fingerprint density at radius 1 is 1.20 bits per heavy atom. The van der Waals surface area contributed by atoms with Crippen molar-refractivity contribution < 1.29 is 19.1 Å². The number of amides is 2. The molecule has 1 aromatic rings. The van der Waals surface area contributed by atoms with Gasteiger partial charge in [-0.05, 0) is 64.7 Å². The van der Waals surface area contributed by atoms with E-state index < -0.39 is 11.5 Å². The molecule has 25 heavy (non-hydrogen) atoms. The molecule has 0 radical (unpaired) electrons. The first-order chi connectivity index (χ1) is 11.6. The second kappa shape index (κ2) is 8.08. The number of benzene rings is 1. The minimum absolute atomic E-state index is 0.0101. The summed E-state index contributed by atoms with van der Waals surface area (Å²) >= 11 is 3.38. The molecule has 0 heterocycles. The van der Waals surface area contributed by atoms with Crippen LogP contribution in [0.3, 0.4) is 0 Å². The van der Waals surface area contributed by atoms with Crippen molar-refractivity contribution in [2.24, 2.45) is 5.73 Å². The van der Waals surface area contributed by atoms with Gasteiger partial charge in [-0.15, -0.1) is 0 Å². The van der Waals surface area contributed by atoms with Crippen molar-refractivity contribution in [1.29, 1.82) is 0 Å². The smallest absolute Gasteiger partial charge is 0.407 e. The number of nitrogens with two attached hydrogens (primary N) is 1. The highest BCUT2D eigenvalue weighted by atomic mass is 79.9. The predicted octanol–water partition coefficient (Wildman–Crippen LogP) is 3.76. The van der Waals surface area contributed by atoms with Crippen molar-refractivity contribution in [2.75, 3.05) is 0 Å². The summed E-state index contributed by atoms with van der Waals surface area (Å²) in [5.41, 5.74) is 5.27. The van der Waals surface area contributed by atoms with Crippen LogP contribution in [0.2, 0.25) is 0 Å². The zero-order valence-electron chi connectivity index (χ0n) is 14.8. The van der Waals surface area contributed by atoms with Crippen molar-refractivity contribution in [3.05, 3.63) is 28.2 Å². The van der Waals surface area contributed by atoms with Gasteiger partial charge in [-0.1, -0.05) is 15.9 Å². The van der Waals surface area contributed by atoms with Crippen LogP contribution in [0.5, 0.6) is 5.75 Å². The molecule has 2 amide bonds. The lowest BCUT2D eigenvalue weighted by Gasteiger charge is -2.30. The van der Waals surface area contributed by atoms with Gasteiger partial charge < -0.3 is 20.5 Å². The zero-order chi connectivity index (χ0) is 18.6. The second-order valence-electron chi connectivity index (χ2n) is 7.24. The van der Waals surface area contributed by atoms with E-state index >= 15 is 0 Å². The number of ether oxygens (including phenoxy) is 2. The highest BCUT2D eigenvalue weighted by molar-refractivity contribution is 9.10. The quantitative estimate of drug-likeness (QED) is 0.787. The Labute approximate surface area is 156 Å². The largest absolute Gasteiger partial charge is 0.490 e. The van der Waals surface area contributed by atoms with E-state index in [-0.39, 0.29) is 18.2 Å². The van der Waals surface area contributed by atoms with Crippen LogP contribution in [0, 0.1) is 0 Å². The molecule has 7 heteroatoms. The van der Waals surface area contributed by atoms with Gasteiger partial charge >= 0.3 is 6.09 Å². The lowest BCUT2D eigenvalue weighted by Crippen LogP contribution is -2.42. The first-order valence-corrected chi connectivity index (χ1v) is 9.19. The molecule has 0 atom stereocenters. The van der Waals surface area contributed by atoms with E-state index in [9.17, 15) is 9.59 Å². The number of carbonyl (C=O) groups is 2. The van der Waals surface area contributed by atoms with Gasteiger partial charge in [0.05, 0.1) is 11.7 Å². The average molecular weight is 413 g/mol. The molecule has 0 spiro atoms. The van der Waals surface area contributed by atoms with Crippen LogP contribution in [0.15, 0.2) is 22.7 Å². The van der Waals surface area contributed by atoms with Gasteiger partial charge in [0.15, 0.2) is 0 Å². The minimum atomic E-state index is -0.511. The molecule has 1 aromatic carbocycles. The molecular formula is C18H25BrN2O4. The number of carbonyl (C=O) groups excluding carboxylic acids is 2. The molecule has 1 aliphatic rings. The van der Waals surface area contributed by atoms with Gasteiger partial charge in [0.25, 0.3) is 5.91 Å². The van der Waals surface area contributed by atoms with Crippen LogP contribution in [0.1, 0.15) is 56.8 Å². The van der Waals surface area contributed by atoms with E-state index in [2.05, 4.69) is 21.2 Å². The van der Waals surface area contributed by atoms with Crippen molar-refractivity contribution in [3.63, 3.8) is 0 Å². The Bertz CT molecular complexity index is 634. The fourth-order valence-electron chi connectivity index (χ4n) is 2.78. The van der Waals surface area contributed by atoms with Gasteiger partial charge in [-0.2, -0.15) is 0 Å². The summed E-state index contributed by atoms with van der Waals surface area (Å²) in [4.78, 5) is 23.4. The standard InChI is InChI=1S/C18H25BrN2O4/c1-18(2,3)25-17(23)21-12-5-7-13(8-6-12)24-15-10-11(19)4-9-14(15)16(20)22/h4,9-10,12-13H,5-8H2,1-3H3,(H2,20,22)(H,21,23)/t12-,13+. The molecule has 0 saturated heterocycles. The zero-order valence-corrected chi connectivity index (χ0v) is 16.4. The number of halogens is 1. The fourth-order valence-corrected chi connectivity index (χ4v) is 3.12. The van der Waals surface area contributed by atoms with E-state index in [0.29, 0.717) is 11.3 Å². The Kier molecular flexibility index (Phi) is 6.32. The third-order valence-corrected chi connectivity index (χ3v) is 4.39. The topological polar surface area (TPSA) is 90.7 Å². The number of hydrogen-bond donors (Lipinski definition) is 2. The Balaban J connectivity index is 1.88. The average Bonchev–Trinajstić information content (AvgIpc) is 2.47. The molecule has 1 saturated carbocycles.